The van der Waals surface area contributed by atoms with E-state index in [1.165, 1.54) is 0 Å². The SMILES string of the molecule is C=CC1=C(c2c(OC)cc(C(C)C)c(OC)c2OC)C(O)CCC1(C)C. The molecular formula is C22H32O4. The third-order valence-corrected chi connectivity index (χ3v) is 5.35. The monoisotopic (exact) mass is 360 g/mol. The van der Waals surface area contributed by atoms with Crippen LogP contribution in [0, 0.1) is 5.41 Å². The predicted octanol–water partition coefficient (Wildman–Crippen LogP) is 4.96. The van der Waals surface area contributed by atoms with Gasteiger partial charge in [0, 0.05) is 5.56 Å². The molecule has 1 aromatic carbocycles. The predicted molar refractivity (Wildman–Crippen MR) is 106 cm³/mol. The van der Waals surface area contributed by atoms with Gasteiger partial charge in [0.25, 0.3) is 0 Å². The van der Waals surface area contributed by atoms with Gasteiger partial charge in [0.05, 0.1) is 33.0 Å². The molecule has 0 saturated carbocycles. The van der Waals surface area contributed by atoms with Gasteiger partial charge in [-0.2, -0.15) is 0 Å². The van der Waals surface area contributed by atoms with Crippen molar-refractivity contribution in [3.05, 3.63) is 35.4 Å². The topological polar surface area (TPSA) is 47.9 Å². The third-order valence-electron chi connectivity index (χ3n) is 5.35. The van der Waals surface area contributed by atoms with Crippen molar-refractivity contribution in [1.29, 1.82) is 0 Å². The van der Waals surface area contributed by atoms with Crippen molar-refractivity contribution in [2.75, 3.05) is 21.3 Å². The van der Waals surface area contributed by atoms with Crippen LogP contribution in [0.25, 0.3) is 5.57 Å². The van der Waals surface area contributed by atoms with Crippen LogP contribution >= 0.6 is 0 Å². The standard InChI is InChI=1S/C22H32O4/c1-9-15-18(16(23)10-11-22(15,4)5)19-17(24-6)12-14(13(2)3)20(25-7)21(19)26-8/h9,12-13,16,23H,1,10-11H2,2-8H3. The number of allylic oxidation sites excluding steroid dienone is 2. The fourth-order valence-corrected chi connectivity index (χ4v) is 3.89. The van der Waals surface area contributed by atoms with Crippen LogP contribution in [0.15, 0.2) is 24.3 Å². The molecule has 144 valence electrons. The molecule has 0 saturated heterocycles. The Kier molecular flexibility index (Phi) is 6.07. The summed E-state index contributed by atoms with van der Waals surface area (Å²) in [4.78, 5) is 0. The highest BCUT2D eigenvalue weighted by Gasteiger charge is 2.37. The van der Waals surface area contributed by atoms with E-state index in [0.29, 0.717) is 23.7 Å². The van der Waals surface area contributed by atoms with Gasteiger partial charge in [0.15, 0.2) is 11.5 Å². The van der Waals surface area contributed by atoms with E-state index >= 15 is 0 Å². The highest BCUT2D eigenvalue weighted by molar-refractivity contribution is 5.85. The van der Waals surface area contributed by atoms with Crippen LogP contribution < -0.4 is 14.2 Å². The van der Waals surface area contributed by atoms with Crippen molar-refractivity contribution in [2.24, 2.45) is 5.41 Å². The zero-order valence-corrected chi connectivity index (χ0v) is 17.1. The maximum atomic E-state index is 10.9. The molecule has 0 heterocycles. The first-order valence-corrected chi connectivity index (χ1v) is 9.11. The van der Waals surface area contributed by atoms with E-state index in [9.17, 15) is 5.11 Å². The maximum Gasteiger partial charge on any atom is 0.172 e. The minimum absolute atomic E-state index is 0.0870. The summed E-state index contributed by atoms with van der Waals surface area (Å²) in [6.07, 6.45) is 2.82. The highest BCUT2D eigenvalue weighted by Crippen LogP contribution is 2.52. The fraction of sp³-hybridized carbons (Fsp3) is 0.545. The molecule has 4 heteroatoms. The Morgan fingerprint density at radius 2 is 1.77 bits per heavy atom. The summed E-state index contributed by atoms with van der Waals surface area (Å²) in [7, 11) is 4.91. The Morgan fingerprint density at radius 1 is 1.15 bits per heavy atom. The van der Waals surface area contributed by atoms with Gasteiger partial charge < -0.3 is 19.3 Å². The summed E-state index contributed by atoms with van der Waals surface area (Å²) in [6, 6.07) is 1.99. The molecule has 0 fully saturated rings. The molecule has 1 aromatic rings. The number of benzene rings is 1. The van der Waals surface area contributed by atoms with E-state index in [1.54, 1.807) is 21.3 Å². The molecule has 0 radical (unpaired) electrons. The van der Waals surface area contributed by atoms with Crippen LogP contribution in [-0.4, -0.2) is 32.5 Å². The van der Waals surface area contributed by atoms with Crippen molar-refractivity contribution < 1.29 is 19.3 Å². The van der Waals surface area contributed by atoms with Gasteiger partial charge in [-0.15, -0.1) is 0 Å². The summed E-state index contributed by atoms with van der Waals surface area (Å²) in [6.45, 7) is 12.6. The van der Waals surface area contributed by atoms with Crippen molar-refractivity contribution in [3.63, 3.8) is 0 Å². The van der Waals surface area contributed by atoms with Gasteiger partial charge in [0.2, 0.25) is 0 Å². The largest absolute Gasteiger partial charge is 0.496 e. The summed E-state index contributed by atoms with van der Waals surface area (Å²) in [5.74, 6) is 2.20. The first kappa shape index (κ1) is 20.4. The average molecular weight is 360 g/mol. The molecule has 26 heavy (non-hydrogen) atoms. The minimum atomic E-state index is -0.603. The van der Waals surface area contributed by atoms with Crippen molar-refractivity contribution in [1.82, 2.24) is 0 Å². The van der Waals surface area contributed by atoms with Crippen LogP contribution in [0.3, 0.4) is 0 Å². The van der Waals surface area contributed by atoms with Gasteiger partial charge in [0.1, 0.15) is 5.75 Å². The minimum Gasteiger partial charge on any atom is -0.496 e. The second kappa shape index (κ2) is 7.75. The second-order valence-corrected chi connectivity index (χ2v) is 7.73. The lowest BCUT2D eigenvalue weighted by Gasteiger charge is -2.37. The smallest absolute Gasteiger partial charge is 0.172 e. The lowest BCUT2D eigenvalue weighted by atomic mass is 9.69. The van der Waals surface area contributed by atoms with E-state index in [-0.39, 0.29) is 11.3 Å². The number of ether oxygens (including phenoxy) is 3. The quantitative estimate of drug-likeness (QED) is 0.779. The Bertz CT molecular complexity index is 713. The van der Waals surface area contributed by atoms with Crippen LogP contribution in [0.4, 0.5) is 0 Å². The highest BCUT2D eigenvalue weighted by atomic mass is 16.5. The van der Waals surface area contributed by atoms with Crippen molar-refractivity contribution in [2.45, 2.75) is 52.6 Å². The third kappa shape index (κ3) is 3.35. The van der Waals surface area contributed by atoms with Gasteiger partial charge in [-0.05, 0) is 41.4 Å². The molecule has 1 N–H and O–H groups in total. The Balaban J connectivity index is 2.95. The molecule has 1 atom stereocenters. The number of aliphatic hydroxyl groups excluding tert-OH is 1. The molecule has 1 aliphatic carbocycles. The summed E-state index contributed by atoms with van der Waals surface area (Å²) < 4.78 is 17.2. The van der Waals surface area contributed by atoms with Crippen LogP contribution in [0.5, 0.6) is 17.2 Å². The molecule has 0 aromatic heterocycles. The zero-order valence-electron chi connectivity index (χ0n) is 17.1. The van der Waals surface area contributed by atoms with Gasteiger partial charge in [-0.25, -0.2) is 0 Å². The van der Waals surface area contributed by atoms with Crippen LogP contribution in [-0.2, 0) is 0 Å². The number of rotatable bonds is 6. The average Bonchev–Trinajstić information content (AvgIpc) is 2.61. The van der Waals surface area contributed by atoms with Crippen molar-refractivity contribution >= 4 is 5.57 Å². The summed E-state index contributed by atoms with van der Waals surface area (Å²) in [5, 5.41) is 10.9. The first-order valence-electron chi connectivity index (χ1n) is 9.11. The van der Waals surface area contributed by atoms with Crippen molar-refractivity contribution in [3.8, 4) is 17.2 Å². The molecular weight excluding hydrogens is 328 g/mol. The number of aliphatic hydroxyl groups is 1. The van der Waals surface area contributed by atoms with Crippen LogP contribution in [0.1, 0.15) is 57.6 Å². The van der Waals surface area contributed by atoms with Gasteiger partial charge in [-0.1, -0.05) is 40.3 Å². The molecule has 4 nitrogen and oxygen atoms in total. The van der Waals surface area contributed by atoms with Crippen LogP contribution in [0.2, 0.25) is 0 Å². The van der Waals surface area contributed by atoms with E-state index in [4.69, 9.17) is 14.2 Å². The molecule has 1 aliphatic rings. The lowest BCUT2D eigenvalue weighted by Crippen LogP contribution is -2.28. The molecule has 0 bridgehead atoms. The Morgan fingerprint density at radius 3 is 2.23 bits per heavy atom. The molecule has 0 aliphatic heterocycles. The molecule has 1 unspecified atom stereocenters. The van der Waals surface area contributed by atoms with E-state index in [0.717, 1.165) is 28.7 Å². The number of hydrogen-bond acceptors (Lipinski definition) is 4. The molecule has 0 spiro atoms. The zero-order chi connectivity index (χ0) is 19.6. The lowest BCUT2D eigenvalue weighted by molar-refractivity contribution is 0.185. The maximum absolute atomic E-state index is 10.9. The van der Waals surface area contributed by atoms with Gasteiger partial charge in [-0.3, -0.25) is 0 Å². The molecule has 0 amide bonds. The van der Waals surface area contributed by atoms with Gasteiger partial charge >= 0.3 is 0 Å². The second-order valence-electron chi connectivity index (χ2n) is 7.73. The first-order chi connectivity index (χ1) is 12.2. The Labute approximate surface area is 157 Å². The fourth-order valence-electron chi connectivity index (χ4n) is 3.89. The van der Waals surface area contributed by atoms with E-state index in [2.05, 4.69) is 34.3 Å². The normalized spacial score (nSPS) is 19.5. The van der Waals surface area contributed by atoms with E-state index in [1.807, 2.05) is 12.1 Å². The van der Waals surface area contributed by atoms with E-state index < -0.39 is 6.10 Å². The summed E-state index contributed by atoms with van der Waals surface area (Å²) in [5.41, 5.74) is 3.52. The summed E-state index contributed by atoms with van der Waals surface area (Å²) >= 11 is 0. The number of methoxy groups -OCH3 is 3. The molecule has 2 rings (SSSR count). The number of hydrogen-bond donors (Lipinski definition) is 1. The Hall–Kier alpha value is -1.94.